The van der Waals surface area contributed by atoms with Crippen LogP contribution in [0.25, 0.3) is 11.2 Å². The number of amides is 1. The van der Waals surface area contributed by atoms with E-state index in [2.05, 4.69) is 48.1 Å². The van der Waals surface area contributed by atoms with E-state index >= 15 is 0 Å². The molecule has 0 spiro atoms. The van der Waals surface area contributed by atoms with Crippen LogP contribution >= 0.6 is 0 Å². The van der Waals surface area contributed by atoms with Gasteiger partial charge in [0, 0.05) is 31.9 Å². The smallest absolute Gasteiger partial charge is 0.243 e. The van der Waals surface area contributed by atoms with Gasteiger partial charge in [-0.05, 0) is 33.8 Å². The van der Waals surface area contributed by atoms with E-state index in [1.165, 1.54) is 6.08 Å². The van der Waals surface area contributed by atoms with Gasteiger partial charge >= 0.3 is 0 Å². The second-order valence-electron chi connectivity index (χ2n) is 8.97. The molecular weight excluding hydrogens is 382 g/mol. The molecule has 1 fully saturated rings. The second kappa shape index (κ2) is 6.82. The minimum absolute atomic E-state index is 0.182. The summed E-state index contributed by atoms with van der Waals surface area (Å²) in [6.07, 6.45) is 6.69. The van der Waals surface area contributed by atoms with Crippen molar-refractivity contribution in [2.45, 2.75) is 38.8 Å². The molecule has 158 valence electrons. The molecular formula is C20H27N9O. The first-order chi connectivity index (χ1) is 14.1. The molecule has 2 N–H and O–H groups in total. The number of anilines is 3. The van der Waals surface area contributed by atoms with Gasteiger partial charge in [-0.2, -0.15) is 15.1 Å². The molecule has 3 aromatic rings. The molecule has 10 nitrogen and oxygen atoms in total. The minimum Gasteiger partial charge on any atom is -0.344 e. The van der Waals surface area contributed by atoms with Crippen LogP contribution in [0, 0.1) is 0 Å². The van der Waals surface area contributed by atoms with E-state index in [1.807, 2.05) is 29.6 Å². The predicted octanol–water partition coefficient (Wildman–Crippen LogP) is 1.94. The molecule has 1 saturated heterocycles. The van der Waals surface area contributed by atoms with Gasteiger partial charge in [-0.25, -0.2) is 4.98 Å². The second-order valence-corrected chi connectivity index (χ2v) is 8.97. The molecule has 3 aromatic heterocycles. The topological polar surface area (TPSA) is 106 Å². The van der Waals surface area contributed by atoms with Crippen molar-refractivity contribution in [3.8, 4) is 0 Å². The van der Waals surface area contributed by atoms with Crippen LogP contribution in [0.15, 0.2) is 31.4 Å². The fourth-order valence-electron chi connectivity index (χ4n) is 3.60. The number of nitrogens with zero attached hydrogens (tertiary/aromatic N) is 7. The SMILES string of the molecule is C=CC(=O)NC1(C)CN(c2nc(Nc3cnn(C)c3)c3ncn(C(C)(C)C)c3n2)C1. The third kappa shape index (κ3) is 3.60. The molecule has 0 unspecified atom stereocenters. The molecule has 4 rings (SSSR count). The van der Waals surface area contributed by atoms with Crippen LogP contribution in [0.3, 0.4) is 0 Å². The molecule has 0 radical (unpaired) electrons. The summed E-state index contributed by atoms with van der Waals surface area (Å²) in [7, 11) is 1.86. The van der Waals surface area contributed by atoms with Crippen molar-refractivity contribution in [1.82, 2.24) is 34.6 Å². The lowest BCUT2D eigenvalue weighted by Gasteiger charge is -2.48. The Morgan fingerprint density at radius 1 is 1.30 bits per heavy atom. The Labute approximate surface area is 175 Å². The summed E-state index contributed by atoms with van der Waals surface area (Å²) in [5.74, 6) is 1.03. The number of nitrogens with one attached hydrogen (secondary N) is 2. The first kappa shape index (κ1) is 19.9. The zero-order chi connectivity index (χ0) is 21.7. The van der Waals surface area contributed by atoms with Crippen molar-refractivity contribution in [3.05, 3.63) is 31.4 Å². The monoisotopic (exact) mass is 409 g/mol. The average Bonchev–Trinajstić information content (AvgIpc) is 3.25. The molecule has 0 aliphatic carbocycles. The number of imidazole rings is 1. The molecule has 4 heterocycles. The highest BCUT2D eigenvalue weighted by Crippen LogP contribution is 2.31. The highest BCUT2D eigenvalue weighted by atomic mass is 16.1. The van der Waals surface area contributed by atoms with E-state index in [0.717, 1.165) is 11.3 Å². The van der Waals surface area contributed by atoms with Crippen molar-refractivity contribution < 1.29 is 4.79 Å². The van der Waals surface area contributed by atoms with Crippen LogP contribution in [0.4, 0.5) is 17.5 Å². The molecule has 1 amide bonds. The molecule has 1 aliphatic heterocycles. The molecule has 0 aromatic carbocycles. The van der Waals surface area contributed by atoms with E-state index in [-0.39, 0.29) is 17.0 Å². The van der Waals surface area contributed by atoms with Crippen LogP contribution in [-0.2, 0) is 17.4 Å². The molecule has 1 aliphatic rings. The maximum absolute atomic E-state index is 11.7. The van der Waals surface area contributed by atoms with Gasteiger partial charge in [0.15, 0.2) is 17.0 Å². The summed E-state index contributed by atoms with van der Waals surface area (Å²) in [5.41, 5.74) is 1.74. The summed E-state index contributed by atoms with van der Waals surface area (Å²) in [4.78, 5) is 27.9. The first-order valence-corrected chi connectivity index (χ1v) is 9.79. The van der Waals surface area contributed by atoms with Crippen molar-refractivity contribution in [2.24, 2.45) is 7.05 Å². The molecule has 10 heteroatoms. The Bertz CT molecular complexity index is 1120. The normalized spacial score (nSPS) is 15.7. The molecule has 0 atom stereocenters. The minimum atomic E-state index is -0.342. The highest BCUT2D eigenvalue weighted by molar-refractivity contribution is 5.88. The van der Waals surface area contributed by atoms with Crippen molar-refractivity contribution in [1.29, 1.82) is 0 Å². The first-order valence-electron chi connectivity index (χ1n) is 9.79. The largest absolute Gasteiger partial charge is 0.344 e. The molecule has 0 bridgehead atoms. The van der Waals surface area contributed by atoms with Gasteiger partial charge in [0.05, 0.1) is 23.8 Å². The Hall–Kier alpha value is -3.43. The summed E-state index contributed by atoms with van der Waals surface area (Å²) < 4.78 is 3.76. The summed E-state index contributed by atoms with van der Waals surface area (Å²) in [5, 5.41) is 10.5. The Morgan fingerprint density at radius 2 is 2.03 bits per heavy atom. The maximum Gasteiger partial charge on any atom is 0.243 e. The van der Waals surface area contributed by atoms with E-state index in [9.17, 15) is 4.79 Å². The van der Waals surface area contributed by atoms with Crippen LogP contribution < -0.4 is 15.5 Å². The van der Waals surface area contributed by atoms with Crippen molar-refractivity contribution in [3.63, 3.8) is 0 Å². The van der Waals surface area contributed by atoms with E-state index in [1.54, 1.807) is 17.2 Å². The van der Waals surface area contributed by atoms with Gasteiger partial charge in [-0.1, -0.05) is 6.58 Å². The van der Waals surface area contributed by atoms with E-state index in [0.29, 0.717) is 30.4 Å². The number of hydrogen-bond donors (Lipinski definition) is 2. The number of carbonyl (C=O) groups excluding carboxylic acids is 1. The molecule has 30 heavy (non-hydrogen) atoms. The Morgan fingerprint density at radius 3 is 2.63 bits per heavy atom. The third-order valence-corrected chi connectivity index (χ3v) is 5.05. The predicted molar refractivity (Wildman–Crippen MR) is 116 cm³/mol. The third-order valence-electron chi connectivity index (χ3n) is 5.05. The van der Waals surface area contributed by atoms with Crippen LogP contribution in [-0.4, -0.2) is 53.8 Å². The standard InChI is InChI=1S/C20H27N9O/c1-7-14(30)26-20(5)10-28(11-20)18-24-16(23-13-8-22-27(6)9-13)15-17(25-18)29(12-21-15)19(2,3)4/h7-9,12H,1,10-11H2,2-6H3,(H,26,30)(H,23,24,25). The Balaban J connectivity index is 1.71. The van der Waals surface area contributed by atoms with Crippen LogP contribution in [0.5, 0.6) is 0 Å². The number of aryl methyl sites for hydroxylation is 1. The van der Waals surface area contributed by atoms with Crippen LogP contribution in [0.2, 0.25) is 0 Å². The lowest BCUT2D eigenvalue weighted by Crippen LogP contribution is -2.69. The maximum atomic E-state index is 11.7. The summed E-state index contributed by atoms with van der Waals surface area (Å²) in [6, 6.07) is 0. The number of fused-ring (bicyclic) bond motifs is 1. The van der Waals surface area contributed by atoms with Gasteiger partial charge in [0.25, 0.3) is 0 Å². The van der Waals surface area contributed by atoms with Gasteiger partial charge in [-0.3, -0.25) is 9.48 Å². The van der Waals surface area contributed by atoms with E-state index in [4.69, 9.17) is 9.97 Å². The van der Waals surface area contributed by atoms with Crippen LogP contribution in [0.1, 0.15) is 27.7 Å². The molecule has 0 saturated carbocycles. The zero-order valence-corrected chi connectivity index (χ0v) is 18.0. The van der Waals surface area contributed by atoms with Gasteiger partial charge in [0.1, 0.15) is 0 Å². The summed E-state index contributed by atoms with van der Waals surface area (Å²) >= 11 is 0. The fourth-order valence-corrected chi connectivity index (χ4v) is 3.60. The number of aromatic nitrogens is 6. The average molecular weight is 409 g/mol. The number of hydrogen-bond acceptors (Lipinski definition) is 7. The Kier molecular flexibility index (Phi) is 4.52. The highest BCUT2D eigenvalue weighted by Gasteiger charge is 2.41. The number of carbonyl (C=O) groups is 1. The zero-order valence-electron chi connectivity index (χ0n) is 18.0. The lowest BCUT2D eigenvalue weighted by atomic mass is 9.92. The fraction of sp³-hybridized carbons (Fsp3) is 0.450. The summed E-state index contributed by atoms with van der Waals surface area (Å²) in [6.45, 7) is 13.0. The van der Waals surface area contributed by atoms with E-state index < -0.39 is 0 Å². The van der Waals surface area contributed by atoms with Crippen molar-refractivity contribution >= 4 is 34.5 Å². The van der Waals surface area contributed by atoms with Gasteiger partial charge in [0.2, 0.25) is 11.9 Å². The van der Waals surface area contributed by atoms with Gasteiger partial charge in [-0.15, -0.1) is 0 Å². The lowest BCUT2D eigenvalue weighted by molar-refractivity contribution is -0.118. The van der Waals surface area contributed by atoms with Crippen molar-refractivity contribution in [2.75, 3.05) is 23.3 Å². The quantitative estimate of drug-likeness (QED) is 0.620. The van der Waals surface area contributed by atoms with Gasteiger partial charge < -0.3 is 20.1 Å². The number of rotatable bonds is 5.